The van der Waals surface area contributed by atoms with Gasteiger partial charge in [0, 0.05) is 5.56 Å². The van der Waals surface area contributed by atoms with Crippen molar-refractivity contribution in [2.75, 3.05) is 14.2 Å². The summed E-state index contributed by atoms with van der Waals surface area (Å²) in [6.45, 7) is 0. The molecule has 2 aliphatic rings. The maximum atomic E-state index is 11.5. The second-order valence-corrected chi connectivity index (χ2v) is 8.98. The first-order valence-corrected chi connectivity index (χ1v) is 10.8. The minimum atomic E-state index is -3.72. The monoisotopic (exact) mass is 444 g/mol. The third-order valence-corrected chi connectivity index (χ3v) is 6.98. The zero-order chi connectivity index (χ0) is 20.7. The van der Waals surface area contributed by atoms with Crippen molar-refractivity contribution in [2.45, 2.75) is 9.79 Å². The van der Waals surface area contributed by atoms with E-state index in [1.54, 1.807) is 24.3 Å². The molecule has 0 bridgehead atoms. The summed E-state index contributed by atoms with van der Waals surface area (Å²) in [5.41, 5.74) is 0.523. The average Bonchev–Trinajstić information content (AvgIpc) is 3.04. The van der Waals surface area contributed by atoms with E-state index in [0.717, 1.165) is 0 Å². The number of rotatable bonds is 2. The number of carbonyl (C=O) groups is 1. The number of methoxy groups -OCH3 is 2. The van der Waals surface area contributed by atoms with E-state index in [4.69, 9.17) is 21.1 Å². The highest BCUT2D eigenvalue weighted by Crippen LogP contribution is 2.35. The van der Waals surface area contributed by atoms with Gasteiger partial charge in [-0.2, -0.15) is 8.42 Å². The molecule has 1 N–H and O–H groups in total. The number of hydrogen-bond donors (Lipinski definition) is 1. The molecule has 2 aromatic rings. The molecule has 0 unspecified atom stereocenters. The Hall–Kier alpha value is -2.63. The van der Waals surface area contributed by atoms with Crippen LogP contribution in [0.1, 0.15) is 15.9 Å². The number of nitrogens with zero attached hydrogens (tertiary/aromatic N) is 1. The number of carbonyl (C=O) groups excluding carboxylic acids is 1. The molecule has 0 fully saturated rings. The van der Waals surface area contributed by atoms with Crippen molar-refractivity contribution in [2.24, 2.45) is 4.40 Å². The van der Waals surface area contributed by atoms with Crippen LogP contribution in [0.5, 0.6) is 11.5 Å². The number of sulfonamides is 2. The van der Waals surface area contributed by atoms with Gasteiger partial charge in [0.1, 0.15) is 21.3 Å². The van der Waals surface area contributed by atoms with Crippen molar-refractivity contribution >= 4 is 42.7 Å². The quantitative estimate of drug-likeness (QED) is 0.743. The van der Waals surface area contributed by atoms with E-state index in [9.17, 15) is 21.6 Å². The lowest BCUT2D eigenvalue weighted by molar-refractivity contribution is 0.0984. The molecule has 9 nitrogen and oxygen atoms in total. The SMILES string of the molecule is COc1cccc2c1S(=O)(=O)N=C2Cl.COc1cccc2c1S(=O)(=O)NC2=O. The lowest BCUT2D eigenvalue weighted by atomic mass is 10.2. The van der Waals surface area contributed by atoms with Crippen LogP contribution >= 0.6 is 11.6 Å². The fraction of sp³-hybridized carbons (Fsp3) is 0.125. The molecule has 0 atom stereocenters. The molecule has 0 spiro atoms. The summed E-state index contributed by atoms with van der Waals surface area (Å²) < 4.78 is 60.9. The second-order valence-electron chi connectivity index (χ2n) is 5.47. The van der Waals surface area contributed by atoms with E-state index < -0.39 is 26.0 Å². The normalized spacial score (nSPS) is 17.4. The van der Waals surface area contributed by atoms with Crippen molar-refractivity contribution in [1.29, 1.82) is 0 Å². The van der Waals surface area contributed by atoms with Crippen LogP contribution in [0.3, 0.4) is 0 Å². The van der Waals surface area contributed by atoms with Crippen molar-refractivity contribution in [3.8, 4) is 11.5 Å². The van der Waals surface area contributed by atoms with Crippen molar-refractivity contribution < 1.29 is 31.1 Å². The van der Waals surface area contributed by atoms with Gasteiger partial charge >= 0.3 is 0 Å². The van der Waals surface area contributed by atoms with Crippen LogP contribution in [0, 0.1) is 0 Å². The van der Waals surface area contributed by atoms with Crippen molar-refractivity contribution in [3.05, 3.63) is 47.5 Å². The number of nitrogens with one attached hydrogen (secondary N) is 1. The number of halogens is 1. The van der Waals surface area contributed by atoms with Gasteiger partial charge in [-0.25, -0.2) is 13.1 Å². The third-order valence-electron chi connectivity index (χ3n) is 3.82. The molecule has 4 rings (SSSR count). The predicted octanol–water partition coefficient (Wildman–Crippen LogP) is 1.51. The summed E-state index contributed by atoms with van der Waals surface area (Å²) >= 11 is 5.67. The van der Waals surface area contributed by atoms with Gasteiger partial charge in [-0.15, -0.1) is 4.40 Å². The highest BCUT2D eigenvalue weighted by Gasteiger charge is 2.35. The molecule has 0 saturated carbocycles. The van der Waals surface area contributed by atoms with Gasteiger partial charge in [-0.1, -0.05) is 29.8 Å². The van der Waals surface area contributed by atoms with Crippen molar-refractivity contribution in [1.82, 2.24) is 4.72 Å². The smallest absolute Gasteiger partial charge is 0.288 e. The maximum absolute atomic E-state index is 11.5. The Labute approximate surface area is 166 Å². The molecule has 12 heteroatoms. The number of fused-ring (bicyclic) bond motifs is 2. The van der Waals surface area contributed by atoms with Gasteiger partial charge < -0.3 is 9.47 Å². The topological polar surface area (TPSA) is 128 Å². The van der Waals surface area contributed by atoms with Gasteiger partial charge in [0.05, 0.1) is 19.8 Å². The van der Waals surface area contributed by atoms with E-state index >= 15 is 0 Å². The molecule has 28 heavy (non-hydrogen) atoms. The Balaban J connectivity index is 0.000000161. The summed E-state index contributed by atoms with van der Waals surface area (Å²) in [6.07, 6.45) is 0. The first-order chi connectivity index (χ1) is 13.1. The van der Waals surface area contributed by atoms with E-state index in [0.29, 0.717) is 5.56 Å². The fourth-order valence-corrected chi connectivity index (χ4v) is 5.72. The molecule has 0 aromatic heterocycles. The average molecular weight is 445 g/mol. The number of amides is 1. The fourth-order valence-electron chi connectivity index (χ4n) is 2.67. The predicted molar refractivity (Wildman–Crippen MR) is 100 cm³/mol. The minimum Gasteiger partial charge on any atom is -0.495 e. The number of benzene rings is 2. The Kier molecular flexibility index (Phi) is 5.08. The Morgan fingerprint density at radius 1 is 0.893 bits per heavy atom. The standard InChI is InChI=1S/C8H6ClNO3S.C8H7NO4S/c1-13-6-4-2-3-5-7(6)14(11,12)10-8(5)9;1-13-6-4-2-3-5-7(6)14(11,12)9-8(5)10/h2-4H,1H3;2-4H,1H3,(H,9,10). The van der Waals surface area contributed by atoms with Crippen molar-refractivity contribution in [3.63, 3.8) is 0 Å². The Morgan fingerprint density at radius 3 is 2.00 bits per heavy atom. The highest BCUT2D eigenvalue weighted by molar-refractivity contribution is 7.91. The minimum absolute atomic E-state index is 0.0149. The molecule has 2 aromatic carbocycles. The first-order valence-electron chi connectivity index (χ1n) is 7.54. The molecule has 0 saturated heterocycles. The van der Waals surface area contributed by atoms with Gasteiger partial charge in [0.25, 0.3) is 26.0 Å². The van der Waals surface area contributed by atoms with E-state index in [2.05, 4.69) is 4.40 Å². The molecular formula is C16H13ClN2O7S2. The maximum Gasteiger partial charge on any atom is 0.288 e. The lowest BCUT2D eigenvalue weighted by Gasteiger charge is -2.04. The molecule has 1 amide bonds. The van der Waals surface area contributed by atoms with Gasteiger partial charge in [-0.3, -0.25) is 4.79 Å². The van der Waals surface area contributed by atoms with Crippen LogP contribution in [0.25, 0.3) is 0 Å². The molecular weight excluding hydrogens is 432 g/mol. The Bertz CT molecular complexity index is 1220. The summed E-state index contributed by atoms with van der Waals surface area (Å²) in [6, 6.07) is 9.32. The van der Waals surface area contributed by atoms with Crippen LogP contribution in [-0.4, -0.2) is 42.1 Å². The van der Waals surface area contributed by atoms with Crippen LogP contribution in [0.4, 0.5) is 0 Å². The van der Waals surface area contributed by atoms with Crippen LogP contribution < -0.4 is 14.2 Å². The number of hydrogen-bond acceptors (Lipinski definition) is 7. The van der Waals surface area contributed by atoms with E-state index in [1.807, 2.05) is 4.72 Å². The molecule has 2 aliphatic heterocycles. The lowest BCUT2D eigenvalue weighted by Crippen LogP contribution is -2.20. The Morgan fingerprint density at radius 2 is 1.43 bits per heavy atom. The summed E-state index contributed by atoms with van der Waals surface area (Å²) in [4.78, 5) is 11.2. The first kappa shape index (κ1) is 20.1. The summed E-state index contributed by atoms with van der Waals surface area (Å²) in [5.74, 6) is -0.165. The second kappa shape index (κ2) is 7.08. The van der Waals surface area contributed by atoms with E-state index in [-0.39, 0.29) is 32.0 Å². The largest absolute Gasteiger partial charge is 0.495 e. The third kappa shape index (κ3) is 3.32. The van der Waals surface area contributed by atoms with Crippen LogP contribution in [0.2, 0.25) is 0 Å². The summed E-state index contributed by atoms with van der Waals surface area (Å²) in [7, 11) is -4.63. The van der Waals surface area contributed by atoms with Gasteiger partial charge in [-0.05, 0) is 18.2 Å². The molecule has 148 valence electrons. The van der Waals surface area contributed by atoms with Crippen LogP contribution in [0.15, 0.2) is 50.6 Å². The van der Waals surface area contributed by atoms with Crippen LogP contribution in [-0.2, 0) is 20.0 Å². The molecule has 0 aliphatic carbocycles. The van der Waals surface area contributed by atoms with Gasteiger partial charge in [0.2, 0.25) is 0 Å². The van der Waals surface area contributed by atoms with Gasteiger partial charge in [0.15, 0.2) is 5.17 Å². The highest BCUT2D eigenvalue weighted by atomic mass is 35.5. The molecule has 2 heterocycles. The number of ether oxygens (including phenoxy) is 2. The molecule has 0 radical (unpaired) electrons. The zero-order valence-electron chi connectivity index (χ0n) is 14.5. The van der Waals surface area contributed by atoms with E-state index in [1.165, 1.54) is 26.4 Å². The summed E-state index contributed by atoms with van der Waals surface area (Å²) in [5, 5.41) is -0.0149. The zero-order valence-corrected chi connectivity index (χ0v) is 16.9.